The number of hydrogen-bond acceptors (Lipinski definition) is 8. The molecule has 1 aliphatic heterocycles. The molecule has 37 heavy (non-hydrogen) atoms. The zero-order valence-corrected chi connectivity index (χ0v) is 21.4. The number of β-amino-alcohol motifs (C(OH)–C–C–N with tert-alkyl or cyclic N) is 1. The highest BCUT2D eigenvalue weighted by Gasteiger charge is 2.26. The molecule has 2 aromatic carbocycles. The average molecular weight is 547 g/mol. The van der Waals surface area contributed by atoms with Gasteiger partial charge in [-0.05, 0) is 49.7 Å². The van der Waals surface area contributed by atoms with Gasteiger partial charge in [0.15, 0.2) is 17.3 Å². The number of halogens is 2. The van der Waals surface area contributed by atoms with Crippen molar-refractivity contribution in [2.75, 3.05) is 31.0 Å². The standard InChI is InChI=1S/C24H24ClFN6O4S/c1-14-20-23(30-29-14)27-22(28-24(20)36-17-9-10-32(13-17)11-12-33)15-5-7-16(8-6-15)31-37(34,35)19-4-2-3-18(25)21(19)26/h2-8,17,31,33H,9-13H2,1H3,(H,27,28,29,30). The fraction of sp³-hybridized carbons (Fsp3) is 0.292. The monoisotopic (exact) mass is 546 g/mol. The Morgan fingerprint density at radius 1 is 1.24 bits per heavy atom. The van der Waals surface area contributed by atoms with Crippen LogP contribution in [0.25, 0.3) is 22.4 Å². The molecule has 1 atom stereocenters. The van der Waals surface area contributed by atoms with E-state index in [2.05, 4.69) is 29.8 Å². The summed E-state index contributed by atoms with van der Waals surface area (Å²) < 4.78 is 48.2. The molecule has 1 aliphatic rings. The first-order valence-corrected chi connectivity index (χ1v) is 13.4. The zero-order chi connectivity index (χ0) is 26.2. The molecule has 2 aromatic heterocycles. The van der Waals surface area contributed by atoms with E-state index in [0.29, 0.717) is 47.1 Å². The van der Waals surface area contributed by atoms with Crippen LogP contribution in [0.15, 0.2) is 47.4 Å². The zero-order valence-electron chi connectivity index (χ0n) is 19.8. The maximum Gasteiger partial charge on any atom is 0.264 e. The Labute approximate surface area is 217 Å². The van der Waals surface area contributed by atoms with Crippen molar-refractivity contribution < 1.29 is 22.7 Å². The lowest BCUT2D eigenvalue weighted by Crippen LogP contribution is -2.27. The number of hydrogen-bond donors (Lipinski definition) is 3. The fourth-order valence-electron chi connectivity index (χ4n) is 4.24. The van der Waals surface area contributed by atoms with Crippen LogP contribution in [0.3, 0.4) is 0 Å². The molecule has 13 heteroatoms. The molecule has 0 aliphatic carbocycles. The van der Waals surface area contributed by atoms with Crippen LogP contribution in [0, 0.1) is 12.7 Å². The van der Waals surface area contributed by atoms with Crippen LogP contribution in [-0.4, -0.2) is 70.9 Å². The van der Waals surface area contributed by atoms with Gasteiger partial charge in [-0.25, -0.2) is 17.8 Å². The Hall–Kier alpha value is -3.32. The lowest BCUT2D eigenvalue weighted by Gasteiger charge is -2.16. The third-order valence-electron chi connectivity index (χ3n) is 6.09. The van der Waals surface area contributed by atoms with E-state index in [4.69, 9.17) is 16.3 Å². The molecule has 3 heterocycles. The predicted molar refractivity (Wildman–Crippen MR) is 137 cm³/mol. The molecular weight excluding hydrogens is 523 g/mol. The number of likely N-dealkylation sites (tertiary alicyclic amines) is 1. The van der Waals surface area contributed by atoms with E-state index in [-0.39, 0.29) is 23.4 Å². The fourth-order valence-corrected chi connectivity index (χ4v) is 5.63. The highest BCUT2D eigenvalue weighted by Crippen LogP contribution is 2.31. The first-order chi connectivity index (χ1) is 17.7. The van der Waals surface area contributed by atoms with Crippen molar-refractivity contribution in [3.05, 3.63) is 59.0 Å². The first kappa shape index (κ1) is 25.3. The molecule has 4 aromatic rings. The number of aromatic nitrogens is 4. The van der Waals surface area contributed by atoms with E-state index >= 15 is 0 Å². The second-order valence-electron chi connectivity index (χ2n) is 8.67. The van der Waals surface area contributed by atoms with E-state index in [1.807, 2.05) is 6.92 Å². The number of H-pyrrole nitrogens is 1. The van der Waals surface area contributed by atoms with Crippen LogP contribution in [0.4, 0.5) is 10.1 Å². The average Bonchev–Trinajstić information content (AvgIpc) is 3.47. The van der Waals surface area contributed by atoms with Crippen LogP contribution >= 0.6 is 11.6 Å². The minimum atomic E-state index is -4.19. The number of benzene rings is 2. The molecular formula is C24H24ClFN6O4S. The minimum Gasteiger partial charge on any atom is -0.472 e. The topological polar surface area (TPSA) is 133 Å². The quantitative estimate of drug-likeness (QED) is 0.306. The highest BCUT2D eigenvalue weighted by atomic mass is 35.5. The number of fused-ring (bicyclic) bond motifs is 1. The van der Waals surface area contributed by atoms with Crippen molar-refractivity contribution in [1.82, 2.24) is 25.1 Å². The number of nitrogens with zero attached hydrogens (tertiary/aromatic N) is 4. The second kappa shape index (κ2) is 10.2. The Bertz CT molecular complexity index is 1550. The largest absolute Gasteiger partial charge is 0.472 e. The number of rotatable bonds is 8. The summed E-state index contributed by atoms with van der Waals surface area (Å²) in [6, 6.07) is 10.2. The van der Waals surface area contributed by atoms with Crippen molar-refractivity contribution in [2.24, 2.45) is 0 Å². The van der Waals surface area contributed by atoms with Crippen molar-refractivity contribution in [2.45, 2.75) is 24.3 Å². The maximum atomic E-state index is 14.3. The Morgan fingerprint density at radius 3 is 2.78 bits per heavy atom. The number of aliphatic hydroxyl groups is 1. The van der Waals surface area contributed by atoms with E-state index in [1.165, 1.54) is 24.3 Å². The maximum absolute atomic E-state index is 14.3. The van der Waals surface area contributed by atoms with Gasteiger partial charge in [0.2, 0.25) is 5.88 Å². The van der Waals surface area contributed by atoms with Gasteiger partial charge in [0, 0.05) is 30.9 Å². The number of aryl methyl sites for hydroxylation is 1. The predicted octanol–water partition coefficient (Wildman–Crippen LogP) is 3.37. The summed E-state index contributed by atoms with van der Waals surface area (Å²) in [6.07, 6.45) is 0.718. The van der Waals surface area contributed by atoms with Crippen molar-refractivity contribution in [3.63, 3.8) is 0 Å². The lowest BCUT2D eigenvalue weighted by molar-refractivity contribution is 0.178. The Balaban J connectivity index is 1.40. The van der Waals surface area contributed by atoms with Crippen molar-refractivity contribution >= 4 is 38.3 Å². The van der Waals surface area contributed by atoms with Gasteiger partial charge in [-0.15, -0.1) is 0 Å². The molecule has 1 unspecified atom stereocenters. The van der Waals surface area contributed by atoms with Gasteiger partial charge in [0.25, 0.3) is 10.0 Å². The molecule has 0 saturated carbocycles. The van der Waals surface area contributed by atoms with Gasteiger partial charge in [-0.3, -0.25) is 14.7 Å². The summed E-state index contributed by atoms with van der Waals surface area (Å²) in [6.45, 7) is 4.03. The van der Waals surface area contributed by atoms with Crippen LogP contribution in [-0.2, 0) is 10.0 Å². The van der Waals surface area contributed by atoms with Crippen LogP contribution < -0.4 is 9.46 Å². The van der Waals surface area contributed by atoms with Crippen LogP contribution in [0.1, 0.15) is 12.1 Å². The molecule has 5 rings (SSSR count). The number of ether oxygens (including phenoxy) is 1. The molecule has 0 amide bonds. The Morgan fingerprint density at radius 2 is 2.03 bits per heavy atom. The van der Waals surface area contributed by atoms with Gasteiger partial charge in [-0.2, -0.15) is 10.1 Å². The third-order valence-corrected chi connectivity index (χ3v) is 7.78. The van der Waals surface area contributed by atoms with Crippen molar-refractivity contribution in [1.29, 1.82) is 0 Å². The molecule has 194 valence electrons. The number of aromatic amines is 1. The summed E-state index contributed by atoms with van der Waals surface area (Å²) in [5, 5.41) is 16.8. The van der Waals surface area contributed by atoms with E-state index in [9.17, 15) is 17.9 Å². The van der Waals surface area contributed by atoms with Crippen LogP contribution in [0.5, 0.6) is 5.88 Å². The number of nitrogens with one attached hydrogen (secondary N) is 2. The molecule has 3 N–H and O–H groups in total. The summed E-state index contributed by atoms with van der Waals surface area (Å²) >= 11 is 5.73. The highest BCUT2D eigenvalue weighted by molar-refractivity contribution is 7.92. The summed E-state index contributed by atoms with van der Waals surface area (Å²) in [4.78, 5) is 10.8. The second-order valence-corrected chi connectivity index (χ2v) is 10.7. The van der Waals surface area contributed by atoms with Gasteiger partial charge < -0.3 is 9.84 Å². The van der Waals surface area contributed by atoms with Gasteiger partial charge in [0.1, 0.15) is 16.4 Å². The molecule has 0 bridgehead atoms. The Kier molecular flexibility index (Phi) is 6.99. The van der Waals surface area contributed by atoms with Crippen molar-refractivity contribution in [3.8, 4) is 17.3 Å². The SMILES string of the molecule is Cc1n[nH]c2nc(-c3ccc(NS(=O)(=O)c4cccc(Cl)c4F)cc3)nc(OC3CCN(CCO)C3)c12. The smallest absolute Gasteiger partial charge is 0.264 e. The summed E-state index contributed by atoms with van der Waals surface area (Å²) in [5.41, 5.74) is 2.07. The molecule has 0 radical (unpaired) electrons. The van der Waals surface area contributed by atoms with E-state index < -0.39 is 20.7 Å². The van der Waals surface area contributed by atoms with E-state index in [1.54, 1.807) is 12.1 Å². The normalized spacial score (nSPS) is 16.4. The van der Waals surface area contributed by atoms with Gasteiger partial charge >= 0.3 is 0 Å². The molecule has 1 fully saturated rings. The molecule has 0 spiro atoms. The van der Waals surface area contributed by atoms with Gasteiger partial charge in [0.05, 0.1) is 17.3 Å². The molecule has 10 nitrogen and oxygen atoms in total. The van der Waals surface area contributed by atoms with E-state index in [0.717, 1.165) is 19.0 Å². The number of aliphatic hydroxyl groups excluding tert-OH is 1. The van der Waals surface area contributed by atoms with Gasteiger partial charge in [-0.1, -0.05) is 17.7 Å². The number of sulfonamides is 1. The van der Waals surface area contributed by atoms with Crippen LogP contribution in [0.2, 0.25) is 5.02 Å². The first-order valence-electron chi connectivity index (χ1n) is 11.5. The third kappa shape index (κ3) is 5.23. The summed E-state index contributed by atoms with van der Waals surface area (Å²) in [7, 11) is -4.19. The lowest BCUT2D eigenvalue weighted by atomic mass is 10.2. The summed E-state index contributed by atoms with van der Waals surface area (Å²) in [5.74, 6) is -0.242. The molecule has 1 saturated heterocycles. The minimum absolute atomic E-state index is 0.0875. The number of anilines is 1.